The van der Waals surface area contributed by atoms with E-state index < -0.39 is 0 Å². The summed E-state index contributed by atoms with van der Waals surface area (Å²) in [5.41, 5.74) is 1.87. The number of carbonyl (C=O) groups excluding carboxylic acids is 1. The first-order valence-electron chi connectivity index (χ1n) is 4.96. The molecule has 1 amide bonds. The van der Waals surface area contributed by atoms with E-state index in [1.54, 1.807) is 0 Å². The van der Waals surface area contributed by atoms with Gasteiger partial charge in [-0.15, -0.1) is 0 Å². The van der Waals surface area contributed by atoms with E-state index in [2.05, 4.69) is 10.6 Å². The number of hydrogen-bond donors (Lipinski definition) is 2. The summed E-state index contributed by atoms with van der Waals surface area (Å²) in [5.74, 6) is -0.0527. The molecule has 0 radical (unpaired) electrons. The van der Waals surface area contributed by atoms with E-state index in [4.69, 9.17) is 4.74 Å². The van der Waals surface area contributed by atoms with Crippen molar-refractivity contribution in [3.05, 3.63) is 24.3 Å². The first-order valence-corrected chi connectivity index (χ1v) is 4.96. The van der Waals surface area contributed by atoms with Crippen LogP contribution in [-0.4, -0.2) is 25.2 Å². The van der Waals surface area contributed by atoms with Gasteiger partial charge >= 0.3 is 0 Å². The van der Waals surface area contributed by atoms with Gasteiger partial charge in [0.15, 0.2) is 0 Å². The Hall–Kier alpha value is -1.55. The van der Waals surface area contributed by atoms with Crippen LogP contribution in [0.5, 0.6) is 0 Å². The lowest BCUT2D eigenvalue weighted by Crippen LogP contribution is -2.40. The standard InChI is InChI=1S/C11H14N2O2/c1-8(14)12-9-2-4-10(5-3-9)13-11-6-15-7-11/h2-5,11,13H,6-7H2,1H3,(H,12,14). The van der Waals surface area contributed by atoms with E-state index in [9.17, 15) is 4.79 Å². The Morgan fingerprint density at radius 1 is 1.27 bits per heavy atom. The highest BCUT2D eigenvalue weighted by Crippen LogP contribution is 2.16. The number of hydrogen-bond acceptors (Lipinski definition) is 3. The zero-order chi connectivity index (χ0) is 10.7. The molecular formula is C11H14N2O2. The number of ether oxygens (including phenoxy) is 1. The summed E-state index contributed by atoms with van der Waals surface area (Å²) < 4.78 is 5.06. The predicted octanol–water partition coefficient (Wildman–Crippen LogP) is 1.46. The van der Waals surface area contributed by atoms with Crippen molar-refractivity contribution in [2.45, 2.75) is 13.0 Å². The van der Waals surface area contributed by atoms with Crippen molar-refractivity contribution in [1.82, 2.24) is 0 Å². The summed E-state index contributed by atoms with van der Waals surface area (Å²) >= 11 is 0. The van der Waals surface area contributed by atoms with Crippen LogP contribution in [0.2, 0.25) is 0 Å². The van der Waals surface area contributed by atoms with Crippen molar-refractivity contribution >= 4 is 17.3 Å². The fourth-order valence-electron chi connectivity index (χ4n) is 1.41. The van der Waals surface area contributed by atoms with Gasteiger partial charge in [-0.3, -0.25) is 4.79 Å². The minimum absolute atomic E-state index is 0.0527. The van der Waals surface area contributed by atoms with Gasteiger partial charge in [-0.2, -0.15) is 0 Å². The van der Waals surface area contributed by atoms with Crippen molar-refractivity contribution in [2.24, 2.45) is 0 Å². The quantitative estimate of drug-likeness (QED) is 0.787. The molecule has 0 atom stereocenters. The minimum atomic E-state index is -0.0527. The maximum absolute atomic E-state index is 10.8. The molecule has 0 unspecified atom stereocenters. The summed E-state index contributed by atoms with van der Waals surface area (Å²) in [6.07, 6.45) is 0. The molecule has 0 spiro atoms. The highest BCUT2D eigenvalue weighted by molar-refractivity contribution is 5.88. The third-order valence-electron chi connectivity index (χ3n) is 2.21. The molecule has 1 aliphatic rings. The molecule has 15 heavy (non-hydrogen) atoms. The molecule has 1 aromatic rings. The van der Waals surface area contributed by atoms with E-state index in [0.717, 1.165) is 24.6 Å². The van der Waals surface area contributed by atoms with E-state index in [-0.39, 0.29) is 5.91 Å². The molecule has 0 aromatic heterocycles. The lowest BCUT2D eigenvalue weighted by molar-refractivity contribution is -0.114. The Bertz CT molecular complexity index is 344. The van der Waals surface area contributed by atoms with Crippen molar-refractivity contribution in [3.8, 4) is 0 Å². The van der Waals surface area contributed by atoms with E-state index in [1.165, 1.54) is 6.92 Å². The van der Waals surface area contributed by atoms with E-state index in [1.807, 2.05) is 24.3 Å². The van der Waals surface area contributed by atoms with Gasteiger partial charge in [0, 0.05) is 18.3 Å². The maximum atomic E-state index is 10.8. The van der Waals surface area contributed by atoms with Crippen LogP contribution in [0.4, 0.5) is 11.4 Å². The fourth-order valence-corrected chi connectivity index (χ4v) is 1.41. The molecular weight excluding hydrogens is 192 g/mol. The van der Waals surface area contributed by atoms with Crippen LogP contribution in [0.3, 0.4) is 0 Å². The lowest BCUT2D eigenvalue weighted by Gasteiger charge is -2.27. The van der Waals surface area contributed by atoms with Gasteiger partial charge in [0.1, 0.15) is 0 Å². The molecule has 2 rings (SSSR count). The zero-order valence-corrected chi connectivity index (χ0v) is 8.62. The van der Waals surface area contributed by atoms with Gasteiger partial charge in [-0.25, -0.2) is 0 Å². The van der Waals surface area contributed by atoms with Gasteiger partial charge in [0.2, 0.25) is 5.91 Å². The summed E-state index contributed by atoms with van der Waals surface area (Å²) in [7, 11) is 0. The predicted molar refractivity (Wildman–Crippen MR) is 59.0 cm³/mol. The molecule has 0 saturated carbocycles. The average molecular weight is 206 g/mol. The van der Waals surface area contributed by atoms with Crippen LogP contribution >= 0.6 is 0 Å². The molecule has 1 saturated heterocycles. The first-order chi connectivity index (χ1) is 7.24. The number of benzene rings is 1. The van der Waals surface area contributed by atoms with Gasteiger partial charge in [-0.05, 0) is 24.3 Å². The molecule has 1 heterocycles. The molecule has 80 valence electrons. The highest BCUT2D eigenvalue weighted by Gasteiger charge is 2.17. The number of nitrogens with one attached hydrogen (secondary N) is 2. The molecule has 1 aromatic carbocycles. The van der Waals surface area contributed by atoms with E-state index in [0.29, 0.717) is 6.04 Å². The molecule has 1 aliphatic heterocycles. The Balaban J connectivity index is 1.93. The summed E-state index contributed by atoms with van der Waals surface area (Å²) in [6.45, 7) is 3.04. The molecule has 4 nitrogen and oxygen atoms in total. The molecule has 0 aliphatic carbocycles. The van der Waals surface area contributed by atoms with Crippen molar-refractivity contribution in [1.29, 1.82) is 0 Å². The second-order valence-electron chi connectivity index (χ2n) is 3.64. The van der Waals surface area contributed by atoms with Crippen LogP contribution in [0.1, 0.15) is 6.92 Å². The number of amides is 1. The smallest absolute Gasteiger partial charge is 0.221 e. The van der Waals surface area contributed by atoms with Crippen molar-refractivity contribution in [2.75, 3.05) is 23.8 Å². The summed E-state index contributed by atoms with van der Waals surface area (Å²) in [6, 6.07) is 8.08. The van der Waals surface area contributed by atoms with Gasteiger partial charge in [0.05, 0.1) is 19.3 Å². The largest absolute Gasteiger partial charge is 0.378 e. The maximum Gasteiger partial charge on any atom is 0.221 e. The Kier molecular flexibility index (Phi) is 2.87. The monoisotopic (exact) mass is 206 g/mol. The minimum Gasteiger partial charge on any atom is -0.378 e. The van der Waals surface area contributed by atoms with Crippen LogP contribution in [0.25, 0.3) is 0 Å². The van der Waals surface area contributed by atoms with Crippen molar-refractivity contribution < 1.29 is 9.53 Å². The summed E-state index contributed by atoms with van der Waals surface area (Å²) in [4.78, 5) is 10.8. The third kappa shape index (κ3) is 2.70. The van der Waals surface area contributed by atoms with Gasteiger partial charge < -0.3 is 15.4 Å². The number of anilines is 2. The fraction of sp³-hybridized carbons (Fsp3) is 0.364. The van der Waals surface area contributed by atoms with E-state index >= 15 is 0 Å². The van der Waals surface area contributed by atoms with Crippen LogP contribution < -0.4 is 10.6 Å². The lowest BCUT2D eigenvalue weighted by atomic mass is 10.2. The number of rotatable bonds is 3. The topological polar surface area (TPSA) is 50.4 Å². The Labute approximate surface area is 88.6 Å². The Morgan fingerprint density at radius 3 is 2.33 bits per heavy atom. The normalized spacial score (nSPS) is 15.5. The van der Waals surface area contributed by atoms with Crippen LogP contribution in [-0.2, 0) is 9.53 Å². The SMILES string of the molecule is CC(=O)Nc1ccc(NC2COC2)cc1. The Morgan fingerprint density at radius 2 is 1.87 bits per heavy atom. The molecule has 2 N–H and O–H groups in total. The molecule has 4 heteroatoms. The second kappa shape index (κ2) is 4.31. The average Bonchev–Trinajstić information content (AvgIpc) is 2.13. The third-order valence-corrected chi connectivity index (χ3v) is 2.21. The summed E-state index contributed by atoms with van der Waals surface area (Å²) in [5, 5.41) is 6.04. The van der Waals surface area contributed by atoms with Crippen LogP contribution in [0.15, 0.2) is 24.3 Å². The second-order valence-corrected chi connectivity index (χ2v) is 3.64. The molecule has 1 fully saturated rings. The first kappa shape index (κ1) is 9.98. The van der Waals surface area contributed by atoms with Gasteiger partial charge in [-0.1, -0.05) is 0 Å². The van der Waals surface area contributed by atoms with Crippen LogP contribution in [0, 0.1) is 0 Å². The van der Waals surface area contributed by atoms with Gasteiger partial charge in [0.25, 0.3) is 0 Å². The number of carbonyl (C=O) groups is 1. The van der Waals surface area contributed by atoms with Crippen molar-refractivity contribution in [3.63, 3.8) is 0 Å². The molecule has 0 bridgehead atoms. The highest BCUT2D eigenvalue weighted by atomic mass is 16.5. The zero-order valence-electron chi connectivity index (χ0n) is 8.62.